The first-order valence-corrected chi connectivity index (χ1v) is 7.42. The Labute approximate surface area is 107 Å². The van der Waals surface area contributed by atoms with Crippen molar-refractivity contribution in [1.82, 2.24) is 0 Å². The molecule has 0 N–H and O–H groups in total. The third kappa shape index (κ3) is 6.25. The summed E-state index contributed by atoms with van der Waals surface area (Å²) in [5, 5.41) is 1.63. The van der Waals surface area contributed by atoms with Gasteiger partial charge in [-0.15, -0.1) is 5.73 Å². The Hall–Kier alpha value is -1.11. The van der Waals surface area contributed by atoms with E-state index in [9.17, 15) is 4.21 Å². The first-order chi connectivity index (χ1) is 8.34. The number of unbranched alkanes of at least 4 members (excludes halogenated alkanes) is 4. The van der Waals surface area contributed by atoms with E-state index in [-0.39, 0.29) is 0 Å². The first-order valence-electron chi connectivity index (χ1n) is 6.21. The minimum Gasteiger partial charge on any atom is -0.249 e. The Kier molecular flexibility index (Phi) is 7.37. The average molecular weight is 248 g/mol. The summed E-state index contributed by atoms with van der Waals surface area (Å²) in [5.74, 6) is 0. The molecule has 0 aliphatic rings. The van der Waals surface area contributed by atoms with Gasteiger partial charge in [0, 0.05) is 10.3 Å². The van der Waals surface area contributed by atoms with Gasteiger partial charge in [0.1, 0.15) is 0 Å². The first kappa shape index (κ1) is 14.0. The third-order valence-corrected chi connectivity index (χ3v) is 3.56. The number of hydrogen-bond donors (Lipinski definition) is 0. The minimum atomic E-state index is -1.06. The van der Waals surface area contributed by atoms with Crippen LogP contribution < -0.4 is 0 Å². The van der Waals surface area contributed by atoms with Gasteiger partial charge < -0.3 is 0 Å². The fourth-order valence-electron chi connectivity index (χ4n) is 1.49. The number of hydrogen-bond acceptors (Lipinski definition) is 1. The Morgan fingerprint density at radius 3 is 2.65 bits per heavy atom. The van der Waals surface area contributed by atoms with Gasteiger partial charge in [0.25, 0.3) is 0 Å². The standard InChI is InChI=1S/C15H20OS/c1-2-3-4-5-6-7-11-14-17(16)15-12-9-8-10-13-15/h7-10,12-14H,2-6H2,1H3. The second kappa shape index (κ2) is 8.98. The quantitative estimate of drug-likeness (QED) is 0.515. The fraction of sp³-hybridized carbons (Fsp3) is 0.400. The van der Waals surface area contributed by atoms with Crippen molar-refractivity contribution < 1.29 is 4.21 Å². The van der Waals surface area contributed by atoms with Crippen LogP contribution in [0, 0.1) is 0 Å². The second-order valence-electron chi connectivity index (χ2n) is 3.95. The molecule has 1 aromatic rings. The molecule has 17 heavy (non-hydrogen) atoms. The lowest BCUT2D eigenvalue weighted by Crippen LogP contribution is -1.83. The van der Waals surface area contributed by atoms with Crippen LogP contribution in [0.15, 0.2) is 52.4 Å². The average Bonchev–Trinajstić information content (AvgIpc) is 2.38. The molecule has 0 heterocycles. The molecular weight excluding hydrogens is 228 g/mol. The highest BCUT2D eigenvalue weighted by molar-refractivity contribution is 7.88. The van der Waals surface area contributed by atoms with Crippen LogP contribution in [0.4, 0.5) is 0 Å². The van der Waals surface area contributed by atoms with Crippen molar-refractivity contribution in [3.63, 3.8) is 0 Å². The monoisotopic (exact) mass is 248 g/mol. The zero-order valence-electron chi connectivity index (χ0n) is 10.4. The van der Waals surface area contributed by atoms with Gasteiger partial charge in [-0.1, -0.05) is 44.4 Å². The Morgan fingerprint density at radius 2 is 1.94 bits per heavy atom. The third-order valence-electron chi connectivity index (χ3n) is 2.47. The van der Waals surface area contributed by atoms with E-state index in [1.165, 1.54) is 25.7 Å². The zero-order valence-corrected chi connectivity index (χ0v) is 11.2. The molecule has 1 atom stereocenters. The van der Waals surface area contributed by atoms with Crippen LogP contribution in [0.1, 0.15) is 39.0 Å². The number of benzene rings is 1. The molecular formula is C15H20OS. The Bertz CT molecular complexity index is 389. The summed E-state index contributed by atoms with van der Waals surface area (Å²) >= 11 is 0. The summed E-state index contributed by atoms with van der Waals surface area (Å²) in [6.07, 6.45) is 8.05. The molecule has 0 saturated carbocycles. The molecule has 0 fully saturated rings. The van der Waals surface area contributed by atoms with Crippen molar-refractivity contribution in [2.75, 3.05) is 0 Å². The molecule has 2 heteroatoms. The van der Waals surface area contributed by atoms with Crippen molar-refractivity contribution >= 4 is 10.8 Å². The lowest BCUT2D eigenvalue weighted by Gasteiger charge is -1.93. The van der Waals surface area contributed by atoms with Crippen molar-refractivity contribution in [1.29, 1.82) is 0 Å². The summed E-state index contributed by atoms with van der Waals surface area (Å²) in [4.78, 5) is 0.833. The molecule has 0 aromatic heterocycles. The van der Waals surface area contributed by atoms with Crippen molar-refractivity contribution in [3.05, 3.63) is 47.5 Å². The van der Waals surface area contributed by atoms with Gasteiger partial charge in [0.15, 0.2) is 0 Å². The van der Waals surface area contributed by atoms with Gasteiger partial charge in [0.05, 0.1) is 10.8 Å². The van der Waals surface area contributed by atoms with Crippen LogP contribution in [-0.4, -0.2) is 4.21 Å². The van der Waals surface area contributed by atoms with Crippen molar-refractivity contribution in [2.24, 2.45) is 0 Å². The Balaban J connectivity index is 2.33. The molecule has 0 amide bonds. The SMILES string of the molecule is CCCCCCC=C=CS(=O)c1ccccc1. The maximum absolute atomic E-state index is 11.8. The second-order valence-corrected chi connectivity index (χ2v) is 5.25. The van der Waals surface area contributed by atoms with Crippen LogP contribution >= 0.6 is 0 Å². The lowest BCUT2D eigenvalue weighted by atomic mass is 10.1. The van der Waals surface area contributed by atoms with Crippen LogP contribution in [0.25, 0.3) is 0 Å². The fourth-order valence-corrected chi connectivity index (χ4v) is 2.27. The molecule has 1 nitrogen and oxygen atoms in total. The van der Waals surface area contributed by atoms with E-state index in [1.54, 1.807) is 5.41 Å². The highest BCUT2D eigenvalue weighted by Crippen LogP contribution is 2.06. The molecule has 0 spiro atoms. The molecule has 0 aliphatic carbocycles. The Morgan fingerprint density at radius 1 is 1.18 bits per heavy atom. The van der Waals surface area contributed by atoms with E-state index in [2.05, 4.69) is 12.7 Å². The van der Waals surface area contributed by atoms with E-state index >= 15 is 0 Å². The largest absolute Gasteiger partial charge is 0.249 e. The predicted octanol–water partition coefficient (Wildman–Crippen LogP) is 4.43. The molecule has 92 valence electrons. The highest BCUT2D eigenvalue weighted by atomic mass is 32.2. The van der Waals surface area contributed by atoms with Gasteiger partial charge in [-0.2, -0.15) is 0 Å². The molecule has 0 radical (unpaired) electrons. The van der Waals surface area contributed by atoms with Gasteiger partial charge in [-0.05, 0) is 31.1 Å². The maximum atomic E-state index is 11.8. The summed E-state index contributed by atoms with van der Waals surface area (Å²) in [6, 6.07) is 9.46. The van der Waals surface area contributed by atoms with Crippen LogP contribution in [0.2, 0.25) is 0 Å². The van der Waals surface area contributed by atoms with Crippen molar-refractivity contribution in [2.45, 2.75) is 43.9 Å². The minimum absolute atomic E-state index is 0.833. The topological polar surface area (TPSA) is 17.1 Å². The molecule has 0 saturated heterocycles. The highest BCUT2D eigenvalue weighted by Gasteiger charge is 1.95. The van der Waals surface area contributed by atoms with Crippen LogP contribution in [0.3, 0.4) is 0 Å². The lowest BCUT2D eigenvalue weighted by molar-refractivity contribution is 0.674. The maximum Gasteiger partial charge on any atom is 0.0854 e. The van der Waals surface area contributed by atoms with E-state index in [0.29, 0.717) is 0 Å². The normalized spacial score (nSPS) is 11.6. The predicted molar refractivity (Wildman–Crippen MR) is 74.3 cm³/mol. The molecule has 0 aliphatic heterocycles. The molecule has 1 rings (SSSR count). The van der Waals surface area contributed by atoms with Gasteiger partial charge in [0.2, 0.25) is 0 Å². The zero-order chi connectivity index (χ0) is 12.3. The van der Waals surface area contributed by atoms with Crippen LogP contribution in [0.5, 0.6) is 0 Å². The summed E-state index contributed by atoms with van der Waals surface area (Å²) in [6.45, 7) is 2.21. The van der Waals surface area contributed by atoms with Crippen LogP contribution in [-0.2, 0) is 10.8 Å². The van der Waals surface area contributed by atoms with E-state index in [4.69, 9.17) is 0 Å². The smallest absolute Gasteiger partial charge is 0.0854 e. The molecule has 0 bridgehead atoms. The number of rotatable bonds is 7. The number of allylic oxidation sites excluding steroid dienone is 1. The summed E-state index contributed by atoms with van der Waals surface area (Å²) in [7, 11) is -1.06. The molecule has 1 unspecified atom stereocenters. The van der Waals surface area contributed by atoms with Crippen molar-refractivity contribution in [3.8, 4) is 0 Å². The van der Waals surface area contributed by atoms with E-state index < -0.39 is 10.8 Å². The van der Waals surface area contributed by atoms with Gasteiger partial charge >= 0.3 is 0 Å². The summed E-state index contributed by atoms with van der Waals surface area (Å²) < 4.78 is 11.8. The van der Waals surface area contributed by atoms with Gasteiger partial charge in [-0.25, -0.2) is 4.21 Å². The van der Waals surface area contributed by atoms with E-state index in [1.807, 2.05) is 36.4 Å². The van der Waals surface area contributed by atoms with E-state index in [0.717, 1.165) is 11.3 Å². The molecule has 1 aromatic carbocycles. The summed E-state index contributed by atoms with van der Waals surface area (Å²) in [5.41, 5.74) is 3.01. The van der Waals surface area contributed by atoms with Gasteiger partial charge in [-0.3, -0.25) is 0 Å².